The fourth-order valence-corrected chi connectivity index (χ4v) is 4.04. The third-order valence-electron chi connectivity index (χ3n) is 4.18. The maximum absolute atomic E-state index is 12.7. The minimum atomic E-state index is -3.54. The van der Waals surface area contributed by atoms with Gasteiger partial charge in [-0.25, -0.2) is 8.42 Å². The number of nitrogens with zero attached hydrogens (tertiary/aromatic N) is 4. The molecule has 1 aromatic heterocycles. The Hall–Kier alpha value is -1.12. The number of aromatic nitrogens is 2. The number of nitrogens with two attached hydrogens (primary N) is 1. The van der Waals surface area contributed by atoms with Crippen LogP contribution in [-0.2, 0) is 16.6 Å². The number of anilines is 1. The zero-order valence-electron chi connectivity index (χ0n) is 13.0. The molecule has 0 bridgehead atoms. The third-order valence-corrected chi connectivity index (χ3v) is 6.10. The van der Waals surface area contributed by atoms with E-state index in [2.05, 4.69) is 23.8 Å². The summed E-state index contributed by atoms with van der Waals surface area (Å²) in [6.45, 7) is 9.34. The highest BCUT2D eigenvalue weighted by atomic mass is 32.2. The normalized spacial score (nSPS) is 19.8. The second-order valence-corrected chi connectivity index (χ2v) is 7.34. The summed E-state index contributed by atoms with van der Waals surface area (Å²) in [6.07, 6.45) is 2.59. The van der Waals surface area contributed by atoms with Crippen LogP contribution in [0.3, 0.4) is 0 Å². The third kappa shape index (κ3) is 3.22. The summed E-state index contributed by atoms with van der Waals surface area (Å²) in [5, 5.41) is 4.02. The Morgan fingerprint density at radius 2 is 1.90 bits per heavy atom. The molecule has 0 amide bonds. The average molecular weight is 315 g/mol. The molecule has 7 nitrogen and oxygen atoms in total. The fourth-order valence-electron chi connectivity index (χ4n) is 2.56. The summed E-state index contributed by atoms with van der Waals surface area (Å²) in [4.78, 5) is 2.45. The average Bonchev–Trinajstić information content (AvgIpc) is 2.88. The van der Waals surface area contributed by atoms with Gasteiger partial charge in [-0.2, -0.15) is 9.40 Å². The zero-order chi connectivity index (χ0) is 15.6. The van der Waals surface area contributed by atoms with Crippen molar-refractivity contribution in [3.63, 3.8) is 0 Å². The van der Waals surface area contributed by atoms with Crippen molar-refractivity contribution < 1.29 is 8.42 Å². The van der Waals surface area contributed by atoms with Crippen LogP contribution in [-0.4, -0.2) is 59.6 Å². The maximum atomic E-state index is 12.7. The van der Waals surface area contributed by atoms with E-state index < -0.39 is 10.0 Å². The van der Waals surface area contributed by atoms with Crippen LogP contribution in [0.1, 0.15) is 27.2 Å². The van der Waals surface area contributed by atoms with Gasteiger partial charge in [0, 0.05) is 45.0 Å². The Kier molecular flexibility index (Phi) is 4.90. The van der Waals surface area contributed by atoms with Gasteiger partial charge in [-0.3, -0.25) is 9.58 Å². The van der Waals surface area contributed by atoms with Crippen molar-refractivity contribution in [3.05, 3.63) is 6.20 Å². The molecule has 120 valence electrons. The summed E-state index contributed by atoms with van der Waals surface area (Å²) >= 11 is 0. The van der Waals surface area contributed by atoms with Crippen molar-refractivity contribution in [1.82, 2.24) is 19.0 Å². The molecule has 8 heteroatoms. The van der Waals surface area contributed by atoms with Crippen LogP contribution in [0.25, 0.3) is 0 Å². The van der Waals surface area contributed by atoms with Gasteiger partial charge in [0.05, 0.1) is 0 Å². The van der Waals surface area contributed by atoms with Crippen LogP contribution in [0, 0.1) is 0 Å². The minimum Gasteiger partial charge on any atom is -0.381 e. The lowest BCUT2D eigenvalue weighted by molar-refractivity contribution is 0.142. The number of hydrogen-bond acceptors (Lipinski definition) is 5. The van der Waals surface area contributed by atoms with E-state index in [1.54, 1.807) is 4.68 Å². The molecular weight excluding hydrogens is 290 g/mol. The number of aryl methyl sites for hydroxylation is 1. The lowest BCUT2D eigenvalue weighted by atomic mass is 10.2. The van der Waals surface area contributed by atoms with Gasteiger partial charge in [0.15, 0.2) is 5.82 Å². The molecule has 1 saturated heterocycles. The minimum absolute atomic E-state index is 0.0844. The van der Waals surface area contributed by atoms with Crippen molar-refractivity contribution in [2.75, 3.05) is 31.9 Å². The standard InChI is InChI=1S/C13H25N5O2S/c1-4-11(3)16-6-8-18(9-7-16)21(19,20)12-10-17(5-2)15-13(12)14/h10-11H,4-9H2,1-3H3,(H2,14,15). The predicted molar refractivity (Wildman–Crippen MR) is 82.4 cm³/mol. The van der Waals surface area contributed by atoms with Crippen LogP contribution in [0.2, 0.25) is 0 Å². The molecule has 0 radical (unpaired) electrons. The van der Waals surface area contributed by atoms with Gasteiger partial charge in [0.1, 0.15) is 4.90 Å². The lowest BCUT2D eigenvalue weighted by Crippen LogP contribution is -2.51. The Bertz CT molecular complexity index is 575. The highest BCUT2D eigenvalue weighted by molar-refractivity contribution is 7.89. The largest absolute Gasteiger partial charge is 0.381 e. The predicted octanol–water partition coefficient (Wildman–Crippen LogP) is 0.590. The van der Waals surface area contributed by atoms with Gasteiger partial charge in [0.2, 0.25) is 10.0 Å². The van der Waals surface area contributed by atoms with E-state index >= 15 is 0 Å². The number of rotatable bonds is 5. The van der Waals surface area contributed by atoms with Crippen LogP contribution in [0.4, 0.5) is 5.82 Å². The first kappa shape index (κ1) is 16.3. The lowest BCUT2D eigenvalue weighted by Gasteiger charge is -2.36. The van der Waals surface area contributed by atoms with Crippen LogP contribution in [0.5, 0.6) is 0 Å². The van der Waals surface area contributed by atoms with Crippen molar-refractivity contribution in [2.24, 2.45) is 0 Å². The van der Waals surface area contributed by atoms with Crippen LogP contribution >= 0.6 is 0 Å². The summed E-state index contributed by atoms with van der Waals surface area (Å²) < 4.78 is 28.4. The Morgan fingerprint density at radius 3 is 2.38 bits per heavy atom. The van der Waals surface area contributed by atoms with Crippen molar-refractivity contribution in [3.8, 4) is 0 Å². The van der Waals surface area contributed by atoms with Gasteiger partial charge in [-0.1, -0.05) is 6.92 Å². The number of sulfonamides is 1. The van der Waals surface area contributed by atoms with Crippen molar-refractivity contribution >= 4 is 15.8 Å². The molecule has 0 aliphatic carbocycles. The topological polar surface area (TPSA) is 84.5 Å². The van der Waals surface area contributed by atoms with Gasteiger partial charge in [-0.05, 0) is 20.3 Å². The second-order valence-electron chi connectivity index (χ2n) is 5.43. The molecule has 0 saturated carbocycles. The second kappa shape index (κ2) is 6.33. The summed E-state index contributed by atoms with van der Waals surface area (Å²) in [5.74, 6) is 0.0844. The first-order chi connectivity index (χ1) is 9.90. The molecule has 1 unspecified atom stereocenters. The molecule has 21 heavy (non-hydrogen) atoms. The number of nitrogen functional groups attached to an aromatic ring is 1. The van der Waals surface area contributed by atoms with Crippen molar-refractivity contribution in [2.45, 2.75) is 44.7 Å². The fraction of sp³-hybridized carbons (Fsp3) is 0.769. The van der Waals surface area contributed by atoms with E-state index in [0.717, 1.165) is 19.5 Å². The summed E-state index contributed by atoms with van der Waals surface area (Å²) in [6, 6.07) is 0.489. The molecule has 2 N–H and O–H groups in total. The van der Waals surface area contributed by atoms with Gasteiger partial charge in [0.25, 0.3) is 0 Å². The highest BCUT2D eigenvalue weighted by Gasteiger charge is 2.32. The SMILES string of the molecule is CCC(C)N1CCN(S(=O)(=O)c2cn(CC)nc2N)CC1. The van der Waals surface area contributed by atoms with Crippen LogP contribution < -0.4 is 5.73 Å². The van der Waals surface area contributed by atoms with E-state index in [9.17, 15) is 8.42 Å². The molecular formula is C13H25N5O2S. The van der Waals surface area contributed by atoms with Crippen LogP contribution in [0.15, 0.2) is 11.1 Å². The Balaban J connectivity index is 2.13. The monoisotopic (exact) mass is 315 g/mol. The first-order valence-electron chi connectivity index (χ1n) is 7.47. The smallest absolute Gasteiger partial charge is 0.248 e. The molecule has 2 rings (SSSR count). The quantitative estimate of drug-likeness (QED) is 0.859. The molecule has 1 aliphatic heterocycles. The Morgan fingerprint density at radius 1 is 1.29 bits per heavy atom. The van der Waals surface area contributed by atoms with Gasteiger partial charge < -0.3 is 5.73 Å². The molecule has 1 atom stereocenters. The number of hydrogen-bond donors (Lipinski definition) is 1. The zero-order valence-corrected chi connectivity index (χ0v) is 13.8. The van der Waals surface area contributed by atoms with E-state index in [-0.39, 0.29) is 10.7 Å². The maximum Gasteiger partial charge on any atom is 0.248 e. The molecule has 1 aromatic rings. The van der Waals surface area contributed by atoms with E-state index in [1.165, 1.54) is 10.5 Å². The molecule has 0 aromatic carbocycles. The molecule has 0 spiro atoms. The highest BCUT2D eigenvalue weighted by Crippen LogP contribution is 2.23. The molecule has 1 fully saturated rings. The summed E-state index contributed by atoms with van der Waals surface area (Å²) in [7, 11) is -3.54. The van der Waals surface area contributed by atoms with E-state index in [1.807, 2.05) is 6.92 Å². The van der Waals surface area contributed by atoms with E-state index in [4.69, 9.17) is 5.73 Å². The van der Waals surface area contributed by atoms with E-state index in [0.29, 0.717) is 25.7 Å². The van der Waals surface area contributed by atoms with Gasteiger partial charge >= 0.3 is 0 Å². The first-order valence-corrected chi connectivity index (χ1v) is 8.91. The Labute approximate surface area is 126 Å². The van der Waals surface area contributed by atoms with Gasteiger partial charge in [-0.15, -0.1) is 0 Å². The summed E-state index contributed by atoms with van der Waals surface area (Å²) in [5.41, 5.74) is 5.76. The number of piperazine rings is 1. The molecule has 1 aliphatic rings. The van der Waals surface area contributed by atoms with Crippen molar-refractivity contribution in [1.29, 1.82) is 0 Å². The molecule has 2 heterocycles.